The molecular weight excluding hydrogens is 348 g/mol. The second-order valence-electron chi connectivity index (χ2n) is 5.49. The molecule has 2 N–H and O–H groups in total. The molecule has 1 aliphatic rings. The minimum atomic E-state index is -5.34. The molecular formula is C15H16F4N2O4. The maximum atomic E-state index is 13.6. The predicted molar refractivity (Wildman–Crippen MR) is 76.6 cm³/mol. The number of benzene rings is 1. The summed E-state index contributed by atoms with van der Waals surface area (Å²) in [6.45, 7) is 1.17. The number of urea groups is 1. The molecule has 138 valence electrons. The Labute approximate surface area is 140 Å². The number of nitrogens with one attached hydrogen (secondary N) is 1. The molecule has 1 fully saturated rings. The molecule has 2 amide bonds. The second kappa shape index (κ2) is 6.51. The molecule has 0 radical (unpaired) electrons. The van der Waals surface area contributed by atoms with E-state index in [2.05, 4.69) is 10.1 Å². The molecule has 1 aromatic rings. The van der Waals surface area contributed by atoms with E-state index in [1.165, 1.54) is 6.92 Å². The van der Waals surface area contributed by atoms with Gasteiger partial charge in [0.05, 0.1) is 12.6 Å². The largest absolute Gasteiger partial charge is 0.466 e. The van der Waals surface area contributed by atoms with Gasteiger partial charge < -0.3 is 15.2 Å². The van der Waals surface area contributed by atoms with Crippen LogP contribution in [0.5, 0.6) is 0 Å². The smallest absolute Gasteiger partial charge is 0.437 e. The van der Waals surface area contributed by atoms with Crippen molar-refractivity contribution in [3.05, 3.63) is 35.6 Å². The minimum Gasteiger partial charge on any atom is -0.466 e. The van der Waals surface area contributed by atoms with Crippen LogP contribution in [0.1, 0.15) is 18.5 Å². The van der Waals surface area contributed by atoms with E-state index in [0.29, 0.717) is 0 Å². The highest BCUT2D eigenvalue weighted by molar-refractivity contribution is 5.83. The number of halogens is 4. The lowest BCUT2D eigenvalue weighted by molar-refractivity contribution is -0.328. The number of aliphatic hydroxyl groups is 1. The van der Waals surface area contributed by atoms with Crippen LogP contribution < -0.4 is 5.32 Å². The fraction of sp³-hybridized carbons (Fsp3) is 0.467. The van der Waals surface area contributed by atoms with Gasteiger partial charge in [-0.1, -0.05) is 12.1 Å². The fourth-order valence-corrected chi connectivity index (χ4v) is 2.75. The van der Waals surface area contributed by atoms with E-state index < -0.39 is 41.7 Å². The highest BCUT2D eigenvalue weighted by Gasteiger charge is 2.69. The number of carbonyl (C=O) groups is 2. The van der Waals surface area contributed by atoms with Gasteiger partial charge in [-0.2, -0.15) is 13.2 Å². The van der Waals surface area contributed by atoms with Gasteiger partial charge in [-0.15, -0.1) is 0 Å². The van der Waals surface area contributed by atoms with Crippen LogP contribution in [0, 0.1) is 11.7 Å². The Morgan fingerprint density at radius 2 is 1.92 bits per heavy atom. The van der Waals surface area contributed by atoms with Crippen LogP contribution in [0.15, 0.2) is 24.3 Å². The van der Waals surface area contributed by atoms with E-state index in [1.54, 1.807) is 0 Å². The number of ether oxygens (including phenoxy) is 1. The van der Waals surface area contributed by atoms with Crippen molar-refractivity contribution in [3.63, 3.8) is 0 Å². The molecule has 0 saturated carbocycles. The molecule has 1 aromatic carbocycles. The van der Waals surface area contributed by atoms with Gasteiger partial charge in [-0.25, -0.2) is 9.18 Å². The average molecular weight is 364 g/mol. The van der Waals surface area contributed by atoms with Gasteiger partial charge in [0.15, 0.2) is 0 Å². The van der Waals surface area contributed by atoms with Crippen molar-refractivity contribution in [1.29, 1.82) is 0 Å². The SMILES string of the molecule is CCOC(=O)[C@@H]1[C@H](c2ccc(F)cc2)NC(=O)N(C)[C@]1(O)C(F)(F)F. The standard InChI is InChI=1S/C15H16F4N2O4/c1-3-25-12(22)10-11(8-4-6-9(16)7-5-8)20-13(23)21(2)14(10,24)15(17,18)19/h4-7,10-11,24H,3H2,1-2H3,(H,20,23)/t10-,11-,14+/m0/s1. The van der Waals surface area contributed by atoms with Crippen LogP contribution in [0.25, 0.3) is 0 Å². The molecule has 0 unspecified atom stereocenters. The predicted octanol–water partition coefficient (Wildman–Crippen LogP) is 1.95. The van der Waals surface area contributed by atoms with E-state index in [-0.39, 0.29) is 17.1 Å². The summed E-state index contributed by atoms with van der Waals surface area (Å²) in [7, 11) is 0.718. The van der Waals surface area contributed by atoms with E-state index in [1.807, 2.05) is 0 Å². The Morgan fingerprint density at radius 3 is 2.40 bits per heavy atom. The van der Waals surface area contributed by atoms with E-state index in [0.717, 1.165) is 31.3 Å². The molecule has 10 heteroatoms. The first kappa shape index (κ1) is 19.0. The Balaban J connectivity index is 2.62. The summed E-state index contributed by atoms with van der Waals surface area (Å²) < 4.78 is 58.6. The third-order valence-corrected chi connectivity index (χ3v) is 4.05. The number of alkyl halides is 3. The van der Waals surface area contributed by atoms with Gasteiger partial charge in [-0.05, 0) is 24.6 Å². The first-order valence-electron chi connectivity index (χ1n) is 7.29. The van der Waals surface area contributed by atoms with Gasteiger partial charge in [0.2, 0.25) is 0 Å². The van der Waals surface area contributed by atoms with Crippen LogP contribution in [0.4, 0.5) is 22.4 Å². The third kappa shape index (κ3) is 3.13. The number of carbonyl (C=O) groups excluding carboxylic acids is 2. The van der Waals surface area contributed by atoms with Crippen LogP contribution in [-0.2, 0) is 9.53 Å². The summed E-state index contributed by atoms with van der Waals surface area (Å²) in [4.78, 5) is 24.2. The Kier molecular flexibility index (Phi) is 4.94. The number of amides is 2. The molecule has 1 heterocycles. The lowest BCUT2D eigenvalue weighted by Crippen LogP contribution is -2.73. The summed E-state index contributed by atoms with van der Waals surface area (Å²) >= 11 is 0. The van der Waals surface area contributed by atoms with Crippen LogP contribution in [0.3, 0.4) is 0 Å². The summed E-state index contributed by atoms with van der Waals surface area (Å²) in [6, 6.07) is 1.37. The first-order valence-corrected chi connectivity index (χ1v) is 7.29. The van der Waals surface area contributed by atoms with Crippen molar-refractivity contribution in [1.82, 2.24) is 10.2 Å². The highest BCUT2D eigenvalue weighted by atomic mass is 19.4. The summed E-state index contributed by atoms with van der Waals surface area (Å²) in [5, 5.41) is 12.6. The maximum absolute atomic E-state index is 13.6. The Morgan fingerprint density at radius 1 is 1.36 bits per heavy atom. The van der Waals surface area contributed by atoms with Crippen molar-refractivity contribution < 1.29 is 37.0 Å². The van der Waals surface area contributed by atoms with E-state index in [9.17, 15) is 32.3 Å². The summed E-state index contributed by atoms with van der Waals surface area (Å²) in [5.41, 5.74) is -3.77. The summed E-state index contributed by atoms with van der Waals surface area (Å²) in [6.07, 6.45) is -5.34. The molecule has 2 rings (SSSR count). The van der Waals surface area contributed by atoms with Gasteiger partial charge in [0.25, 0.3) is 5.72 Å². The van der Waals surface area contributed by atoms with Crippen molar-refractivity contribution >= 4 is 12.0 Å². The zero-order chi connectivity index (χ0) is 19.0. The zero-order valence-corrected chi connectivity index (χ0v) is 13.3. The molecule has 0 bridgehead atoms. The van der Waals surface area contributed by atoms with Gasteiger partial charge >= 0.3 is 18.2 Å². The Bertz CT molecular complexity index is 664. The molecule has 0 spiro atoms. The maximum Gasteiger partial charge on any atom is 0.437 e. The van der Waals surface area contributed by atoms with Gasteiger partial charge in [-0.3, -0.25) is 9.69 Å². The molecule has 25 heavy (non-hydrogen) atoms. The first-order chi connectivity index (χ1) is 11.5. The molecule has 0 aliphatic carbocycles. The Hall–Kier alpha value is -2.36. The zero-order valence-electron chi connectivity index (χ0n) is 13.3. The van der Waals surface area contributed by atoms with Crippen LogP contribution >= 0.6 is 0 Å². The average Bonchev–Trinajstić information content (AvgIpc) is 2.52. The lowest BCUT2D eigenvalue weighted by atomic mass is 9.81. The quantitative estimate of drug-likeness (QED) is 0.635. The van der Waals surface area contributed by atoms with Gasteiger partial charge in [0, 0.05) is 7.05 Å². The van der Waals surface area contributed by atoms with E-state index in [4.69, 9.17) is 0 Å². The van der Waals surface area contributed by atoms with Crippen molar-refractivity contribution in [2.45, 2.75) is 24.9 Å². The number of hydrogen-bond acceptors (Lipinski definition) is 4. The molecule has 0 aromatic heterocycles. The van der Waals surface area contributed by atoms with Crippen molar-refractivity contribution in [2.24, 2.45) is 5.92 Å². The molecule has 6 nitrogen and oxygen atoms in total. The van der Waals surface area contributed by atoms with Crippen molar-refractivity contribution in [2.75, 3.05) is 13.7 Å². The number of esters is 1. The van der Waals surface area contributed by atoms with Crippen molar-refractivity contribution in [3.8, 4) is 0 Å². The van der Waals surface area contributed by atoms with Gasteiger partial charge in [0.1, 0.15) is 11.7 Å². The second-order valence-corrected chi connectivity index (χ2v) is 5.49. The number of rotatable bonds is 3. The monoisotopic (exact) mass is 364 g/mol. The molecule has 1 saturated heterocycles. The topological polar surface area (TPSA) is 78.9 Å². The lowest BCUT2D eigenvalue weighted by Gasteiger charge is -2.49. The number of nitrogens with zero attached hydrogens (tertiary/aromatic N) is 1. The fourth-order valence-electron chi connectivity index (χ4n) is 2.75. The molecule has 1 aliphatic heterocycles. The summed E-state index contributed by atoms with van der Waals surface area (Å²) in [5.74, 6) is -4.20. The number of hydrogen-bond donors (Lipinski definition) is 2. The van der Waals surface area contributed by atoms with Crippen LogP contribution in [0.2, 0.25) is 0 Å². The third-order valence-electron chi connectivity index (χ3n) is 4.05. The molecule has 3 atom stereocenters. The van der Waals surface area contributed by atoms with E-state index >= 15 is 0 Å². The minimum absolute atomic E-state index is 0.00854. The van der Waals surface area contributed by atoms with Crippen LogP contribution in [-0.4, -0.2) is 47.6 Å². The normalized spacial score (nSPS) is 27.0. The highest BCUT2D eigenvalue weighted by Crippen LogP contribution is 2.46.